The number of aromatic amines is 1. The number of nitrogens with one attached hydrogen (secondary N) is 1. The van der Waals surface area contributed by atoms with Crippen LogP contribution in [0.3, 0.4) is 0 Å². The second-order valence-electron chi connectivity index (χ2n) is 11.4. The molecule has 10 nitrogen and oxygen atoms in total. The Kier molecular flexibility index (Phi) is 12.6. The topological polar surface area (TPSA) is 131 Å². The Morgan fingerprint density at radius 2 is 1.73 bits per heavy atom. The maximum Gasteiger partial charge on any atom is 0.410 e. The molecule has 0 aliphatic carbocycles. The number of methoxy groups -OCH3 is 1. The Morgan fingerprint density at radius 1 is 1.05 bits per heavy atom. The van der Waals surface area contributed by atoms with Crippen LogP contribution in [0.2, 0.25) is 0 Å². The van der Waals surface area contributed by atoms with Crippen molar-refractivity contribution in [3.63, 3.8) is 0 Å². The van der Waals surface area contributed by atoms with Crippen molar-refractivity contribution in [2.24, 2.45) is 0 Å². The number of Topliss-reactive ketones (excluding diaryl/α,β-unsaturated/α-hetero) is 1. The number of aromatic nitrogens is 2. The zero-order valence-corrected chi connectivity index (χ0v) is 26.0. The van der Waals surface area contributed by atoms with Gasteiger partial charge < -0.3 is 24.3 Å². The van der Waals surface area contributed by atoms with Crippen LogP contribution in [0.5, 0.6) is 5.75 Å². The third-order valence-corrected chi connectivity index (χ3v) is 6.90. The van der Waals surface area contributed by atoms with Crippen molar-refractivity contribution in [1.29, 1.82) is 0 Å². The summed E-state index contributed by atoms with van der Waals surface area (Å²) in [5, 5.41) is 10.5. The van der Waals surface area contributed by atoms with Gasteiger partial charge >= 0.3 is 6.09 Å². The van der Waals surface area contributed by atoms with Gasteiger partial charge in [0, 0.05) is 20.1 Å². The smallest absolute Gasteiger partial charge is 0.410 e. The monoisotopic (exact) mass is 611 g/mol. The molecule has 1 aromatic heterocycles. The standard InChI is InChI=1S/C33H42FN3O7/c1-6-37(32(41)44-33(2,3)4)26(18-17-25(42-5)21-43-20-23-10-8-7-9-11-23)30-35-28(29(39)31(40)36-30)27(38)19-14-22-12-15-24(34)16-13-22/h7-13,15-16,25-26,39H,6,14,17-21H2,1-5H3,(H,35,36,40)/t25-,26?/m0/s1. The quantitative estimate of drug-likeness (QED) is 0.208. The second-order valence-corrected chi connectivity index (χ2v) is 11.4. The summed E-state index contributed by atoms with van der Waals surface area (Å²) in [4.78, 5) is 47.6. The van der Waals surface area contributed by atoms with E-state index in [1.165, 1.54) is 17.0 Å². The van der Waals surface area contributed by atoms with E-state index in [-0.39, 0.29) is 44.3 Å². The van der Waals surface area contributed by atoms with E-state index in [1.807, 2.05) is 30.3 Å². The van der Waals surface area contributed by atoms with Crippen molar-refractivity contribution >= 4 is 11.9 Å². The fourth-order valence-corrected chi connectivity index (χ4v) is 4.60. The molecule has 11 heteroatoms. The van der Waals surface area contributed by atoms with Crippen LogP contribution in [0.15, 0.2) is 59.4 Å². The molecule has 2 N–H and O–H groups in total. The fourth-order valence-electron chi connectivity index (χ4n) is 4.60. The van der Waals surface area contributed by atoms with Gasteiger partial charge in [-0.1, -0.05) is 42.5 Å². The largest absolute Gasteiger partial charge is 0.501 e. The van der Waals surface area contributed by atoms with Gasteiger partial charge in [-0.15, -0.1) is 0 Å². The third kappa shape index (κ3) is 10.3. The molecule has 1 unspecified atom stereocenters. The van der Waals surface area contributed by atoms with Gasteiger partial charge in [0.05, 0.1) is 25.4 Å². The Labute approximate surface area is 257 Å². The molecule has 0 bridgehead atoms. The molecule has 0 spiro atoms. The lowest BCUT2D eigenvalue weighted by Crippen LogP contribution is -2.41. The average molecular weight is 612 g/mol. The molecule has 0 aliphatic heterocycles. The van der Waals surface area contributed by atoms with Crippen LogP contribution < -0.4 is 5.56 Å². The first-order chi connectivity index (χ1) is 20.9. The van der Waals surface area contributed by atoms with Gasteiger partial charge in [-0.2, -0.15) is 0 Å². The summed E-state index contributed by atoms with van der Waals surface area (Å²) in [6.07, 6.45) is -0.111. The number of H-pyrrole nitrogens is 1. The number of amides is 1. The predicted octanol–water partition coefficient (Wildman–Crippen LogP) is 5.74. The van der Waals surface area contributed by atoms with Gasteiger partial charge in [0.25, 0.3) is 5.56 Å². The number of ether oxygens (including phenoxy) is 3. The normalized spacial score (nSPS) is 12.9. The summed E-state index contributed by atoms with van der Waals surface area (Å²) in [6, 6.07) is 14.6. The van der Waals surface area contributed by atoms with E-state index in [0.29, 0.717) is 18.6 Å². The molecule has 1 amide bonds. The first kappa shape index (κ1) is 34.4. The van der Waals surface area contributed by atoms with E-state index in [0.717, 1.165) is 5.56 Å². The molecule has 2 atom stereocenters. The van der Waals surface area contributed by atoms with Crippen LogP contribution in [0.1, 0.15) is 80.4 Å². The molecular formula is C33H42FN3O7. The molecule has 238 valence electrons. The van der Waals surface area contributed by atoms with Crippen LogP contribution in [0, 0.1) is 5.82 Å². The minimum Gasteiger partial charge on any atom is -0.501 e. The summed E-state index contributed by atoms with van der Waals surface area (Å²) in [6.45, 7) is 7.90. The van der Waals surface area contributed by atoms with Crippen LogP contribution >= 0.6 is 0 Å². The number of benzene rings is 2. The van der Waals surface area contributed by atoms with Gasteiger partial charge in [-0.3, -0.25) is 14.5 Å². The maximum absolute atomic E-state index is 13.3. The number of aromatic hydroxyl groups is 1. The molecule has 0 fully saturated rings. The summed E-state index contributed by atoms with van der Waals surface area (Å²) < 4.78 is 30.4. The highest BCUT2D eigenvalue weighted by Gasteiger charge is 2.32. The van der Waals surface area contributed by atoms with E-state index in [4.69, 9.17) is 14.2 Å². The SMILES string of the molecule is CCN(C(=O)OC(C)(C)C)C(CC[C@@H](COCc1ccccc1)OC)c1nc(C(=O)CCc2ccc(F)cc2)c(O)c(=O)[nH]1. The number of rotatable bonds is 15. The molecule has 3 rings (SSSR count). The minimum absolute atomic E-state index is 0.0331. The van der Waals surface area contributed by atoms with Crippen molar-refractivity contribution in [2.75, 3.05) is 20.3 Å². The van der Waals surface area contributed by atoms with Crippen molar-refractivity contribution in [3.05, 3.63) is 93.4 Å². The number of aryl methyl sites for hydroxylation is 1. The third-order valence-electron chi connectivity index (χ3n) is 6.90. The molecule has 3 aromatic rings. The van der Waals surface area contributed by atoms with Gasteiger partial charge in [-0.25, -0.2) is 14.2 Å². The lowest BCUT2D eigenvalue weighted by atomic mass is 10.0. The van der Waals surface area contributed by atoms with Crippen LogP contribution in [0.4, 0.5) is 9.18 Å². The van der Waals surface area contributed by atoms with Gasteiger partial charge in [0.2, 0.25) is 5.75 Å². The number of carbonyl (C=O) groups is 2. The van der Waals surface area contributed by atoms with E-state index < -0.39 is 46.3 Å². The Morgan fingerprint density at radius 3 is 2.34 bits per heavy atom. The van der Waals surface area contributed by atoms with E-state index in [1.54, 1.807) is 46.9 Å². The number of hydrogen-bond donors (Lipinski definition) is 2. The van der Waals surface area contributed by atoms with E-state index in [9.17, 15) is 23.9 Å². The number of ketones is 1. The van der Waals surface area contributed by atoms with E-state index in [2.05, 4.69) is 9.97 Å². The molecule has 0 saturated heterocycles. The molecule has 44 heavy (non-hydrogen) atoms. The fraction of sp³-hybridized carbons (Fsp3) is 0.455. The van der Waals surface area contributed by atoms with Gasteiger partial charge in [-0.05, 0) is 70.2 Å². The van der Waals surface area contributed by atoms with Crippen LogP contribution in [0.25, 0.3) is 0 Å². The summed E-state index contributed by atoms with van der Waals surface area (Å²) in [5.41, 5.74) is -0.355. The molecule has 1 heterocycles. The Balaban J connectivity index is 1.86. The van der Waals surface area contributed by atoms with Crippen LogP contribution in [-0.4, -0.2) is 63.8 Å². The lowest BCUT2D eigenvalue weighted by molar-refractivity contribution is -0.0105. The number of nitrogens with zero attached hydrogens (tertiary/aromatic N) is 2. The number of hydrogen-bond acceptors (Lipinski definition) is 8. The van der Waals surface area contributed by atoms with Crippen molar-refractivity contribution in [1.82, 2.24) is 14.9 Å². The van der Waals surface area contributed by atoms with E-state index >= 15 is 0 Å². The first-order valence-electron chi connectivity index (χ1n) is 14.7. The highest BCUT2D eigenvalue weighted by Crippen LogP contribution is 2.28. The highest BCUT2D eigenvalue weighted by atomic mass is 19.1. The zero-order chi connectivity index (χ0) is 32.3. The zero-order valence-electron chi connectivity index (χ0n) is 26.0. The average Bonchev–Trinajstić information content (AvgIpc) is 2.98. The number of carbonyl (C=O) groups excluding carboxylic acids is 2. The molecule has 0 radical (unpaired) electrons. The first-order valence-corrected chi connectivity index (χ1v) is 14.7. The summed E-state index contributed by atoms with van der Waals surface area (Å²) >= 11 is 0. The summed E-state index contributed by atoms with van der Waals surface area (Å²) in [7, 11) is 1.57. The van der Waals surface area contributed by atoms with Crippen molar-refractivity contribution in [3.8, 4) is 5.75 Å². The molecular weight excluding hydrogens is 569 g/mol. The van der Waals surface area contributed by atoms with Gasteiger partial charge in [0.15, 0.2) is 11.5 Å². The Hall–Kier alpha value is -4.09. The highest BCUT2D eigenvalue weighted by molar-refractivity contribution is 5.96. The minimum atomic E-state index is -0.903. The summed E-state index contributed by atoms with van der Waals surface area (Å²) in [5.74, 6) is -1.73. The van der Waals surface area contributed by atoms with Crippen LogP contribution in [-0.2, 0) is 27.2 Å². The molecule has 0 aliphatic rings. The second kappa shape index (κ2) is 16.1. The molecule has 2 aromatic carbocycles. The van der Waals surface area contributed by atoms with Crippen molar-refractivity contribution < 1.29 is 33.3 Å². The Bertz CT molecular complexity index is 1420. The van der Waals surface area contributed by atoms with Crippen molar-refractivity contribution in [2.45, 2.75) is 77.7 Å². The maximum atomic E-state index is 13.3. The number of halogens is 1. The predicted molar refractivity (Wildman–Crippen MR) is 163 cm³/mol. The lowest BCUT2D eigenvalue weighted by Gasteiger charge is -2.33. The molecule has 0 saturated carbocycles. The van der Waals surface area contributed by atoms with Gasteiger partial charge in [0.1, 0.15) is 17.2 Å².